The highest BCUT2D eigenvalue weighted by Crippen LogP contribution is 2.03. The standard InChI is InChI=1S/C7H13N/c1-4-7(5-2)6-8-3/h6H,3-5H2,1-2H3. The van der Waals surface area contributed by atoms with E-state index in [-0.39, 0.29) is 0 Å². The summed E-state index contributed by atoms with van der Waals surface area (Å²) in [5, 5.41) is 0. The maximum Gasteiger partial charge on any atom is 0.0252 e. The van der Waals surface area contributed by atoms with Crippen molar-refractivity contribution in [1.82, 2.24) is 0 Å². The normalized spacial score (nSPS) is 8.25. The number of aliphatic imine (C=N–C) groups is 1. The molecule has 0 saturated heterocycles. The molecule has 0 atom stereocenters. The minimum Gasteiger partial charge on any atom is -0.273 e. The van der Waals surface area contributed by atoms with Gasteiger partial charge in [-0.3, -0.25) is 4.99 Å². The highest BCUT2D eigenvalue weighted by molar-refractivity contribution is 5.26. The maximum absolute atomic E-state index is 3.67. The molecule has 0 rings (SSSR count). The first-order valence-corrected chi connectivity index (χ1v) is 2.98. The van der Waals surface area contributed by atoms with Gasteiger partial charge in [-0.1, -0.05) is 19.4 Å². The Hall–Kier alpha value is -0.590. The molecule has 0 spiro atoms. The zero-order valence-electron chi connectivity index (χ0n) is 5.65. The Kier molecular flexibility index (Phi) is 4.23. The number of nitrogens with zero attached hydrogens (tertiary/aromatic N) is 1. The zero-order valence-corrected chi connectivity index (χ0v) is 5.65. The molecule has 1 nitrogen and oxygen atoms in total. The van der Waals surface area contributed by atoms with Crippen molar-refractivity contribution in [3.63, 3.8) is 0 Å². The Labute approximate surface area is 51.1 Å². The van der Waals surface area contributed by atoms with Gasteiger partial charge in [-0.05, 0) is 19.6 Å². The number of hydrogen-bond donors (Lipinski definition) is 0. The van der Waals surface area contributed by atoms with Crippen molar-refractivity contribution in [3.05, 3.63) is 11.8 Å². The Bertz CT molecular complexity index is 86.6. The van der Waals surface area contributed by atoms with E-state index in [0.29, 0.717) is 0 Å². The van der Waals surface area contributed by atoms with E-state index in [4.69, 9.17) is 0 Å². The second-order valence-corrected chi connectivity index (χ2v) is 1.68. The predicted octanol–water partition coefficient (Wildman–Crippen LogP) is 2.39. The molecule has 46 valence electrons. The lowest BCUT2D eigenvalue weighted by atomic mass is 10.2. The summed E-state index contributed by atoms with van der Waals surface area (Å²) < 4.78 is 0. The van der Waals surface area contributed by atoms with Crippen LogP contribution in [0.4, 0.5) is 0 Å². The number of hydrogen-bond acceptors (Lipinski definition) is 1. The third kappa shape index (κ3) is 2.56. The van der Waals surface area contributed by atoms with Crippen molar-refractivity contribution in [3.8, 4) is 0 Å². The molecule has 8 heavy (non-hydrogen) atoms. The van der Waals surface area contributed by atoms with Crippen molar-refractivity contribution in [2.24, 2.45) is 4.99 Å². The van der Waals surface area contributed by atoms with Crippen LogP contribution in [0.15, 0.2) is 16.8 Å². The lowest BCUT2D eigenvalue weighted by Crippen LogP contribution is -1.73. The van der Waals surface area contributed by atoms with Crippen LogP contribution in [-0.2, 0) is 0 Å². The van der Waals surface area contributed by atoms with Crippen LogP contribution in [0.3, 0.4) is 0 Å². The van der Waals surface area contributed by atoms with Crippen LogP contribution in [0.5, 0.6) is 0 Å². The number of allylic oxidation sites excluding steroid dienone is 1. The monoisotopic (exact) mass is 111 g/mol. The van der Waals surface area contributed by atoms with Gasteiger partial charge in [0.25, 0.3) is 0 Å². The molecule has 0 saturated carbocycles. The molecular formula is C7H13N. The lowest BCUT2D eigenvalue weighted by molar-refractivity contribution is 0.969. The first kappa shape index (κ1) is 7.41. The van der Waals surface area contributed by atoms with Crippen molar-refractivity contribution < 1.29 is 0 Å². The van der Waals surface area contributed by atoms with Crippen LogP contribution < -0.4 is 0 Å². The van der Waals surface area contributed by atoms with E-state index in [1.807, 2.05) is 6.20 Å². The Morgan fingerprint density at radius 1 is 1.50 bits per heavy atom. The summed E-state index contributed by atoms with van der Waals surface area (Å²) in [7, 11) is 0. The fourth-order valence-corrected chi connectivity index (χ4v) is 0.562. The van der Waals surface area contributed by atoms with Crippen LogP contribution in [0.1, 0.15) is 26.7 Å². The fraction of sp³-hybridized carbons (Fsp3) is 0.571. The lowest BCUT2D eigenvalue weighted by Gasteiger charge is -1.93. The van der Waals surface area contributed by atoms with Crippen molar-refractivity contribution in [2.75, 3.05) is 0 Å². The number of rotatable bonds is 3. The predicted molar refractivity (Wildman–Crippen MR) is 38.2 cm³/mol. The summed E-state index contributed by atoms with van der Waals surface area (Å²) >= 11 is 0. The van der Waals surface area contributed by atoms with Gasteiger partial charge in [-0.15, -0.1) is 0 Å². The summed E-state index contributed by atoms with van der Waals surface area (Å²) in [5.74, 6) is 0. The molecule has 0 bridgehead atoms. The molecule has 0 aliphatic carbocycles. The molecule has 0 N–H and O–H groups in total. The maximum atomic E-state index is 3.67. The SMILES string of the molecule is C=NC=C(CC)CC. The van der Waals surface area contributed by atoms with Crippen LogP contribution in [-0.4, -0.2) is 6.72 Å². The van der Waals surface area contributed by atoms with Gasteiger partial charge in [0, 0.05) is 6.20 Å². The van der Waals surface area contributed by atoms with Crippen LogP contribution >= 0.6 is 0 Å². The van der Waals surface area contributed by atoms with E-state index < -0.39 is 0 Å². The average molecular weight is 111 g/mol. The topological polar surface area (TPSA) is 12.4 Å². The smallest absolute Gasteiger partial charge is 0.0252 e. The van der Waals surface area contributed by atoms with Crippen molar-refractivity contribution in [2.45, 2.75) is 26.7 Å². The van der Waals surface area contributed by atoms with Gasteiger partial charge in [0.05, 0.1) is 0 Å². The van der Waals surface area contributed by atoms with Crippen LogP contribution in [0.25, 0.3) is 0 Å². The van der Waals surface area contributed by atoms with Crippen molar-refractivity contribution >= 4 is 6.72 Å². The Morgan fingerprint density at radius 2 is 2.00 bits per heavy atom. The Balaban J connectivity index is 3.66. The summed E-state index contributed by atoms with van der Waals surface area (Å²) in [4.78, 5) is 3.67. The van der Waals surface area contributed by atoms with Gasteiger partial charge in [-0.2, -0.15) is 0 Å². The van der Waals surface area contributed by atoms with Gasteiger partial charge in [0.1, 0.15) is 0 Å². The molecule has 0 heterocycles. The Morgan fingerprint density at radius 3 is 2.12 bits per heavy atom. The molecule has 0 aromatic heterocycles. The van der Waals surface area contributed by atoms with Gasteiger partial charge >= 0.3 is 0 Å². The third-order valence-electron chi connectivity index (χ3n) is 1.18. The molecule has 0 radical (unpaired) electrons. The quantitative estimate of drug-likeness (QED) is 0.496. The van der Waals surface area contributed by atoms with E-state index in [1.165, 1.54) is 5.57 Å². The van der Waals surface area contributed by atoms with Crippen LogP contribution in [0.2, 0.25) is 0 Å². The first-order chi connectivity index (χ1) is 3.85. The van der Waals surface area contributed by atoms with Crippen molar-refractivity contribution in [1.29, 1.82) is 0 Å². The molecule has 0 amide bonds. The highest BCUT2D eigenvalue weighted by Gasteiger charge is 1.84. The minimum atomic E-state index is 1.09. The molecule has 0 aliphatic heterocycles. The van der Waals surface area contributed by atoms with Gasteiger partial charge in [0.15, 0.2) is 0 Å². The molecule has 1 heteroatoms. The van der Waals surface area contributed by atoms with E-state index >= 15 is 0 Å². The van der Waals surface area contributed by atoms with E-state index in [1.54, 1.807) is 0 Å². The molecule has 0 fully saturated rings. The third-order valence-corrected chi connectivity index (χ3v) is 1.18. The van der Waals surface area contributed by atoms with Gasteiger partial charge < -0.3 is 0 Å². The minimum absolute atomic E-state index is 1.09. The van der Waals surface area contributed by atoms with E-state index in [9.17, 15) is 0 Å². The molecule has 0 aliphatic rings. The van der Waals surface area contributed by atoms with Gasteiger partial charge in [0.2, 0.25) is 0 Å². The molecule has 0 aromatic carbocycles. The second kappa shape index (κ2) is 4.57. The van der Waals surface area contributed by atoms with E-state index in [0.717, 1.165) is 12.8 Å². The van der Waals surface area contributed by atoms with Crippen LogP contribution in [0, 0.1) is 0 Å². The average Bonchev–Trinajstić information content (AvgIpc) is 1.83. The first-order valence-electron chi connectivity index (χ1n) is 2.98. The van der Waals surface area contributed by atoms with Gasteiger partial charge in [-0.25, -0.2) is 0 Å². The van der Waals surface area contributed by atoms with E-state index in [2.05, 4.69) is 25.6 Å². The molecule has 0 aromatic rings. The summed E-state index contributed by atoms with van der Waals surface area (Å²) in [5.41, 5.74) is 1.36. The summed E-state index contributed by atoms with van der Waals surface area (Å²) in [6.45, 7) is 7.62. The molecular weight excluding hydrogens is 98.1 g/mol. The largest absolute Gasteiger partial charge is 0.273 e. The fourth-order valence-electron chi connectivity index (χ4n) is 0.562. The highest BCUT2D eigenvalue weighted by atomic mass is 14.6. The summed E-state index contributed by atoms with van der Waals surface area (Å²) in [6, 6.07) is 0. The molecule has 0 unspecified atom stereocenters. The zero-order chi connectivity index (χ0) is 6.41. The second-order valence-electron chi connectivity index (χ2n) is 1.68. The summed E-state index contributed by atoms with van der Waals surface area (Å²) in [6.07, 6.45) is 4.02.